The van der Waals surface area contributed by atoms with Gasteiger partial charge in [0.2, 0.25) is 0 Å². The van der Waals surface area contributed by atoms with Gasteiger partial charge in [0.15, 0.2) is 0 Å². The fourth-order valence-corrected chi connectivity index (χ4v) is 1.70. The molecule has 1 amide bonds. The summed E-state index contributed by atoms with van der Waals surface area (Å²) in [5.41, 5.74) is 1.66. The molecule has 0 fully saturated rings. The zero-order chi connectivity index (χ0) is 11.4. The Kier molecular flexibility index (Phi) is 4.29. The highest BCUT2D eigenvalue weighted by atomic mass is 79.9. The van der Waals surface area contributed by atoms with Crippen LogP contribution in [0.3, 0.4) is 0 Å². The van der Waals surface area contributed by atoms with Crippen molar-refractivity contribution in [1.29, 1.82) is 0 Å². The number of hydrogen-bond donors (Lipinski definition) is 1. The summed E-state index contributed by atoms with van der Waals surface area (Å²) in [5, 5.41) is 8.75. The maximum Gasteiger partial charge on any atom is 0.254 e. The topological polar surface area (TPSA) is 40.5 Å². The lowest BCUT2D eigenvalue weighted by atomic mass is 10.1. The molecular formula is C11H14BrNO2. The van der Waals surface area contributed by atoms with Crippen molar-refractivity contribution in [2.24, 2.45) is 0 Å². The van der Waals surface area contributed by atoms with Crippen molar-refractivity contribution in [2.75, 3.05) is 20.2 Å². The van der Waals surface area contributed by atoms with Crippen molar-refractivity contribution in [3.05, 3.63) is 33.8 Å². The van der Waals surface area contributed by atoms with Gasteiger partial charge in [-0.1, -0.05) is 12.1 Å². The van der Waals surface area contributed by atoms with Crippen molar-refractivity contribution in [1.82, 2.24) is 4.90 Å². The number of rotatable bonds is 3. The predicted octanol–water partition coefficient (Wildman–Crippen LogP) is 1.82. The van der Waals surface area contributed by atoms with E-state index in [-0.39, 0.29) is 12.5 Å². The first-order valence-electron chi connectivity index (χ1n) is 4.69. The zero-order valence-electron chi connectivity index (χ0n) is 8.83. The highest BCUT2D eigenvalue weighted by Crippen LogP contribution is 2.21. The highest BCUT2D eigenvalue weighted by molar-refractivity contribution is 9.10. The number of benzene rings is 1. The molecule has 1 rings (SSSR count). The van der Waals surface area contributed by atoms with Crippen LogP contribution in [0.4, 0.5) is 0 Å². The molecule has 82 valence electrons. The maximum atomic E-state index is 11.9. The molecule has 0 aliphatic carbocycles. The number of hydrogen-bond acceptors (Lipinski definition) is 2. The van der Waals surface area contributed by atoms with Gasteiger partial charge in [0.25, 0.3) is 5.91 Å². The monoisotopic (exact) mass is 271 g/mol. The smallest absolute Gasteiger partial charge is 0.254 e. The second-order valence-electron chi connectivity index (χ2n) is 3.39. The van der Waals surface area contributed by atoms with E-state index in [0.717, 1.165) is 10.0 Å². The minimum atomic E-state index is -0.0837. The van der Waals surface area contributed by atoms with Gasteiger partial charge in [0.1, 0.15) is 0 Å². The fourth-order valence-electron chi connectivity index (χ4n) is 1.27. The van der Waals surface area contributed by atoms with Crippen LogP contribution in [0, 0.1) is 6.92 Å². The number of aryl methyl sites for hydroxylation is 1. The first-order chi connectivity index (χ1) is 7.07. The van der Waals surface area contributed by atoms with E-state index >= 15 is 0 Å². The van der Waals surface area contributed by atoms with Crippen LogP contribution >= 0.6 is 15.9 Å². The van der Waals surface area contributed by atoms with Gasteiger partial charge >= 0.3 is 0 Å². The van der Waals surface area contributed by atoms with Crippen LogP contribution in [0.15, 0.2) is 22.7 Å². The molecule has 1 aromatic carbocycles. The summed E-state index contributed by atoms with van der Waals surface area (Å²) >= 11 is 3.39. The second kappa shape index (κ2) is 5.28. The predicted molar refractivity (Wildman–Crippen MR) is 62.9 cm³/mol. The minimum absolute atomic E-state index is 0.0221. The molecule has 4 heteroatoms. The lowest BCUT2D eigenvalue weighted by molar-refractivity contribution is 0.0766. The summed E-state index contributed by atoms with van der Waals surface area (Å²) in [5.74, 6) is -0.0837. The first-order valence-corrected chi connectivity index (χ1v) is 5.48. The van der Waals surface area contributed by atoms with E-state index in [2.05, 4.69) is 15.9 Å². The Balaban J connectivity index is 2.96. The Labute approximate surface area is 97.8 Å². The molecule has 0 bridgehead atoms. The van der Waals surface area contributed by atoms with E-state index in [1.807, 2.05) is 19.1 Å². The van der Waals surface area contributed by atoms with Gasteiger partial charge in [-0.2, -0.15) is 0 Å². The number of likely N-dealkylation sites (N-methyl/N-ethyl adjacent to an activating group) is 1. The quantitative estimate of drug-likeness (QED) is 0.911. The summed E-state index contributed by atoms with van der Waals surface area (Å²) in [4.78, 5) is 13.4. The second-order valence-corrected chi connectivity index (χ2v) is 4.18. The van der Waals surface area contributed by atoms with Gasteiger partial charge in [-0.05, 0) is 34.5 Å². The van der Waals surface area contributed by atoms with Crippen molar-refractivity contribution in [2.45, 2.75) is 6.92 Å². The third-order valence-electron chi connectivity index (χ3n) is 2.20. The Hall–Kier alpha value is -0.870. The third-order valence-corrected chi connectivity index (χ3v) is 3.26. The summed E-state index contributed by atoms with van der Waals surface area (Å²) in [7, 11) is 1.67. The van der Waals surface area contributed by atoms with Gasteiger partial charge in [-0.15, -0.1) is 0 Å². The van der Waals surface area contributed by atoms with E-state index in [1.165, 1.54) is 4.90 Å². The van der Waals surface area contributed by atoms with Crippen LogP contribution in [-0.2, 0) is 0 Å². The first kappa shape index (κ1) is 12.2. The molecule has 0 aliphatic rings. The van der Waals surface area contributed by atoms with Gasteiger partial charge in [0, 0.05) is 18.1 Å². The SMILES string of the molecule is Cc1cccc(C(=O)N(C)CCO)c1Br. The number of aliphatic hydroxyl groups excluding tert-OH is 1. The number of nitrogens with zero attached hydrogens (tertiary/aromatic N) is 1. The molecule has 0 aromatic heterocycles. The number of carbonyl (C=O) groups excluding carboxylic acids is 1. The number of carbonyl (C=O) groups is 1. The van der Waals surface area contributed by atoms with Gasteiger partial charge in [-0.3, -0.25) is 4.79 Å². The van der Waals surface area contributed by atoms with E-state index in [9.17, 15) is 4.79 Å². The van der Waals surface area contributed by atoms with Crippen molar-refractivity contribution >= 4 is 21.8 Å². The molecule has 0 spiro atoms. The summed E-state index contributed by atoms with van der Waals surface area (Å²) in [6, 6.07) is 5.56. The average molecular weight is 272 g/mol. The van der Waals surface area contributed by atoms with Gasteiger partial charge < -0.3 is 10.0 Å². The zero-order valence-corrected chi connectivity index (χ0v) is 10.4. The van der Waals surface area contributed by atoms with Crippen molar-refractivity contribution in [3.8, 4) is 0 Å². The van der Waals surface area contributed by atoms with E-state index in [4.69, 9.17) is 5.11 Å². The largest absolute Gasteiger partial charge is 0.395 e. The number of halogens is 1. The molecule has 0 atom stereocenters. The van der Waals surface area contributed by atoms with Gasteiger partial charge in [0.05, 0.1) is 12.2 Å². The lowest BCUT2D eigenvalue weighted by Gasteiger charge is -2.17. The Morgan fingerprint density at radius 1 is 1.53 bits per heavy atom. The van der Waals surface area contributed by atoms with Crippen molar-refractivity contribution in [3.63, 3.8) is 0 Å². The molecule has 0 saturated carbocycles. The lowest BCUT2D eigenvalue weighted by Crippen LogP contribution is -2.29. The Morgan fingerprint density at radius 3 is 2.80 bits per heavy atom. The molecule has 3 nitrogen and oxygen atoms in total. The maximum absolute atomic E-state index is 11.9. The van der Waals surface area contributed by atoms with E-state index < -0.39 is 0 Å². The standard InChI is InChI=1S/C11H14BrNO2/c1-8-4-3-5-9(10(8)12)11(15)13(2)6-7-14/h3-5,14H,6-7H2,1-2H3. The van der Waals surface area contributed by atoms with Crippen LogP contribution in [0.25, 0.3) is 0 Å². The molecule has 0 unspecified atom stereocenters. The molecular weight excluding hydrogens is 258 g/mol. The Bertz CT molecular complexity index is 366. The summed E-state index contributed by atoms with van der Waals surface area (Å²) in [6.07, 6.45) is 0. The summed E-state index contributed by atoms with van der Waals surface area (Å²) in [6.45, 7) is 2.26. The van der Waals surface area contributed by atoms with E-state index in [1.54, 1.807) is 13.1 Å². The molecule has 0 heterocycles. The molecule has 0 radical (unpaired) electrons. The average Bonchev–Trinajstić information content (AvgIpc) is 2.21. The number of aliphatic hydroxyl groups is 1. The van der Waals surface area contributed by atoms with Crippen LogP contribution in [-0.4, -0.2) is 36.1 Å². The molecule has 15 heavy (non-hydrogen) atoms. The highest BCUT2D eigenvalue weighted by Gasteiger charge is 2.14. The molecule has 1 N–H and O–H groups in total. The van der Waals surface area contributed by atoms with Crippen molar-refractivity contribution < 1.29 is 9.90 Å². The third kappa shape index (κ3) is 2.79. The minimum Gasteiger partial charge on any atom is -0.395 e. The van der Waals surface area contributed by atoms with Crippen LogP contribution < -0.4 is 0 Å². The Morgan fingerprint density at radius 2 is 2.20 bits per heavy atom. The molecule has 0 saturated heterocycles. The van der Waals surface area contributed by atoms with Crippen LogP contribution in [0.2, 0.25) is 0 Å². The number of amides is 1. The normalized spacial score (nSPS) is 10.1. The summed E-state index contributed by atoms with van der Waals surface area (Å²) < 4.78 is 0.819. The van der Waals surface area contributed by atoms with Crippen LogP contribution in [0.1, 0.15) is 15.9 Å². The van der Waals surface area contributed by atoms with Gasteiger partial charge in [-0.25, -0.2) is 0 Å². The van der Waals surface area contributed by atoms with Crippen LogP contribution in [0.5, 0.6) is 0 Å². The molecule has 1 aromatic rings. The van der Waals surface area contributed by atoms with E-state index in [0.29, 0.717) is 12.1 Å². The fraction of sp³-hybridized carbons (Fsp3) is 0.364. The molecule has 0 aliphatic heterocycles.